The Hall–Kier alpha value is -2.01. The summed E-state index contributed by atoms with van der Waals surface area (Å²) < 4.78 is 11.6. The summed E-state index contributed by atoms with van der Waals surface area (Å²) in [6.45, 7) is 9.08. The molecule has 0 saturated carbocycles. The monoisotopic (exact) mass is 487 g/mol. The third kappa shape index (κ3) is 5.74. The molecule has 4 nitrogen and oxygen atoms in total. The van der Waals surface area contributed by atoms with Crippen molar-refractivity contribution in [3.8, 4) is 5.75 Å². The highest BCUT2D eigenvalue weighted by Crippen LogP contribution is 2.46. The molecular formula is C27H31Cl2NO3. The van der Waals surface area contributed by atoms with Gasteiger partial charge in [0.2, 0.25) is 0 Å². The van der Waals surface area contributed by atoms with Gasteiger partial charge in [0.05, 0.1) is 13.0 Å². The second-order valence-corrected chi connectivity index (χ2v) is 10.8. The molecule has 0 N–H and O–H groups in total. The quantitative estimate of drug-likeness (QED) is 0.350. The number of piperidine rings is 1. The number of esters is 1. The van der Waals surface area contributed by atoms with Crippen LogP contribution in [0.1, 0.15) is 56.7 Å². The van der Waals surface area contributed by atoms with Crippen molar-refractivity contribution in [2.45, 2.75) is 51.0 Å². The van der Waals surface area contributed by atoms with Gasteiger partial charge < -0.3 is 14.4 Å². The summed E-state index contributed by atoms with van der Waals surface area (Å²) in [7, 11) is 0. The average Bonchev–Trinajstić information content (AvgIpc) is 3.09. The lowest BCUT2D eigenvalue weighted by Gasteiger charge is -2.38. The number of halogens is 2. The summed E-state index contributed by atoms with van der Waals surface area (Å²) in [6, 6.07) is 11.9. The zero-order valence-electron chi connectivity index (χ0n) is 19.5. The zero-order valence-corrected chi connectivity index (χ0v) is 21.0. The van der Waals surface area contributed by atoms with Gasteiger partial charge in [0.15, 0.2) is 0 Å². The maximum absolute atomic E-state index is 12.0. The smallest absolute Gasteiger partial charge is 0.307 e. The lowest BCUT2D eigenvalue weighted by Crippen LogP contribution is -2.44. The van der Waals surface area contributed by atoms with Crippen LogP contribution in [0.15, 0.2) is 36.4 Å². The summed E-state index contributed by atoms with van der Waals surface area (Å²) in [4.78, 5) is 14.4. The van der Waals surface area contributed by atoms with Gasteiger partial charge in [0, 0.05) is 33.1 Å². The van der Waals surface area contributed by atoms with Crippen molar-refractivity contribution in [3.05, 3.63) is 63.1 Å². The number of fused-ring (bicyclic) bond motifs is 2. The van der Waals surface area contributed by atoms with Gasteiger partial charge in [0.1, 0.15) is 11.4 Å². The number of hydrogen-bond donors (Lipinski definition) is 0. The Kier molecular flexibility index (Phi) is 7.09. The van der Waals surface area contributed by atoms with Crippen LogP contribution in [-0.2, 0) is 14.9 Å². The number of rotatable bonds is 5. The van der Waals surface area contributed by atoms with Gasteiger partial charge in [-0.3, -0.25) is 4.79 Å². The number of carbonyl (C=O) groups excluding carboxylic acids is 1. The van der Waals surface area contributed by atoms with Crippen molar-refractivity contribution in [1.29, 1.82) is 0 Å². The minimum Gasteiger partial charge on any atom is -0.492 e. The Morgan fingerprint density at radius 2 is 1.82 bits per heavy atom. The number of carbonyl (C=O) groups is 1. The molecule has 2 heterocycles. The third-order valence-electron chi connectivity index (χ3n) is 6.39. The standard InChI is InChI=1S/C27H31Cl2NO3/c1-26(2,3)33-25(31)11-14-30-15-12-27(13-16-30)18-32-24-17-19(8-10-21(24)27)7-9-20-22(28)5-4-6-23(20)29/h4-10,17H,11-16,18H2,1-3H3/b9-7+. The SMILES string of the molecule is CC(C)(C)OC(=O)CCN1CCC2(CC1)COc1cc(/C=C/c3c(Cl)cccc3Cl)ccc12. The average molecular weight is 488 g/mol. The second kappa shape index (κ2) is 9.69. The highest BCUT2D eigenvalue weighted by Gasteiger charge is 2.43. The molecule has 0 radical (unpaired) electrons. The maximum Gasteiger partial charge on any atom is 0.307 e. The van der Waals surface area contributed by atoms with Gasteiger partial charge >= 0.3 is 5.97 Å². The van der Waals surface area contributed by atoms with E-state index in [1.54, 1.807) is 0 Å². The van der Waals surface area contributed by atoms with Gasteiger partial charge in [0.25, 0.3) is 0 Å². The topological polar surface area (TPSA) is 38.8 Å². The molecule has 1 spiro atoms. The summed E-state index contributed by atoms with van der Waals surface area (Å²) >= 11 is 12.6. The number of benzene rings is 2. The molecule has 1 fully saturated rings. The third-order valence-corrected chi connectivity index (χ3v) is 7.05. The maximum atomic E-state index is 12.0. The van der Waals surface area contributed by atoms with Gasteiger partial charge in [-0.2, -0.15) is 0 Å². The minimum atomic E-state index is -0.429. The van der Waals surface area contributed by atoms with Crippen molar-refractivity contribution in [2.24, 2.45) is 0 Å². The molecule has 2 aliphatic rings. The highest BCUT2D eigenvalue weighted by atomic mass is 35.5. The Morgan fingerprint density at radius 1 is 1.12 bits per heavy atom. The van der Waals surface area contributed by atoms with Crippen molar-refractivity contribution >= 4 is 41.3 Å². The summed E-state index contributed by atoms with van der Waals surface area (Å²) in [5.74, 6) is 0.834. The molecule has 1 saturated heterocycles. The largest absolute Gasteiger partial charge is 0.492 e. The molecular weight excluding hydrogens is 457 g/mol. The molecule has 2 aromatic rings. The first-order valence-corrected chi connectivity index (χ1v) is 12.2. The number of nitrogens with zero attached hydrogens (tertiary/aromatic N) is 1. The van der Waals surface area contributed by atoms with E-state index < -0.39 is 5.60 Å². The predicted molar refractivity (Wildman–Crippen MR) is 135 cm³/mol. The fourth-order valence-electron chi connectivity index (χ4n) is 4.60. The number of ether oxygens (including phenoxy) is 2. The van der Waals surface area contributed by atoms with Gasteiger partial charge in [-0.15, -0.1) is 0 Å². The lowest BCUT2D eigenvalue weighted by atomic mass is 9.74. The first-order valence-electron chi connectivity index (χ1n) is 11.5. The van der Waals surface area contributed by atoms with E-state index in [-0.39, 0.29) is 11.4 Å². The molecule has 2 aromatic carbocycles. The van der Waals surface area contributed by atoms with E-state index in [9.17, 15) is 4.79 Å². The number of likely N-dealkylation sites (tertiary alicyclic amines) is 1. The first kappa shape index (κ1) is 24.1. The van der Waals surface area contributed by atoms with Gasteiger partial charge in [-0.25, -0.2) is 0 Å². The Morgan fingerprint density at radius 3 is 2.48 bits per heavy atom. The van der Waals surface area contributed by atoms with E-state index in [2.05, 4.69) is 23.1 Å². The molecule has 0 aliphatic carbocycles. The van der Waals surface area contributed by atoms with E-state index in [0.717, 1.165) is 49.4 Å². The van der Waals surface area contributed by atoms with Gasteiger partial charge in [-0.05, 0) is 70.5 Å². The van der Waals surface area contributed by atoms with Crippen LogP contribution in [0.3, 0.4) is 0 Å². The number of hydrogen-bond acceptors (Lipinski definition) is 4. The van der Waals surface area contributed by atoms with E-state index in [4.69, 9.17) is 32.7 Å². The van der Waals surface area contributed by atoms with E-state index in [1.807, 2.05) is 51.1 Å². The molecule has 0 atom stereocenters. The molecule has 0 aromatic heterocycles. The van der Waals surface area contributed by atoms with Crippen LogP contribution in [0.2, 0.25) is 10.0 Å². The minimum absolute atomic E-state index is 0.0616. The fourth-order valence-corrected chi connectivity index (χ4v) is 5.13. The van der Waals surface area contributed by atoms with Crippen LogP contribution in [0.25, 0.3) is 12.2 Å². The normalized spacial score (nSPS) is 17.8. The first-order chi connectivity index (χ1) is 15.7. The molecule has 4 rings (SSSR count). The summed E-state index contributed by atoms with van der Waals surface area (Å²) in [6.07, 6.45) is 6.45. The van der Waals surface area contributed by atoms with Crippen LogP contribution in [0, 0.1) is 0 Å². The summed E-state index contributed by atoms with van der Waals surface area (Å²) in [5, 5.41) is 1.27. The Bertz CT molecular complexity index is 1030. The predicted octanol–water partition coefficient (Wildman–Crippen LogP) is 6.62. The van der Waals surface area contributed by atoms with Gasteiger partial charge in [-0.1, -0.05) is 53.6 Å². The Balaban J connectivity index is 1.37. The van der Waals surface area contributed by atoms with E-state index in [1.165, 1.54) is 5.56 Å². The molecule has 0 bridgehead atoms. The van der Waals surface area contributed by atoms with Crippen LogP contribution in [0.4, 0.5) is 0 Å². The van der Waals surface area contributed by atoms with Crippen LogP contribution >= 0.6 is 23.2 Å². The fraction of sp³-hybridized carbons (Fsp3) is 0.444. The molecule has 2 aliphatic heterocycles. The molecule has 0 unspecified atom stereocenters. The second-order valence-electron chi connectivity index (χ2n) is 9.97. The highest BCUT2D eigenvalue weighted by molar-refractivity contribution is 6.37. The molecule has 6 heteroatoms. The molecule has 33 heavy (non-hydrogen) atoms. The van der Waals surface area contributed by atoms with Crippen molar-refractivity contribution in [3.63, 3.8) is 0 Å². The van der Waals surface area contributed by atoms with E-state index in [0.29, 0.717) is 23.1 Å². The van der Waals surface area contributed by atoms with Crippen molar-refractivity contribution in [1.82, 2.24) is 4.90 Å². The van der Waals surface area contributed by atoms with Crippen molar-refractivity contribution in [2.75, 3.05) is 26.2 Å². The van der Waals surface area contributed by atoms with Crippen LogP contribution in [0.5, 0.6) is 5.75 Å². The van der Waals surface area contributed by atoms with Crippen molar-refractivity contribution < 1.29 is 14.3 Å². The molecule has 176 valence electrons. The lowest BCUT2D eigenvalue weighted by molar-refractivity contribution is -0.155. The van der Waals surface area contributed by atoms with E-state index >= 15 is 0 Å². The van der Waals surface area contributed by atoms with Crippen LogP contribution in [-0.4, -0.2) is 42.7 Å². The van der Waals surface area contributed by atoms with Crippen LogP contribution < -0.4 is 4.74 Å². The molecule has 0 amide bonds. The summed E-state index contributed by atoms with van der Waals surface area (Å²) in [5.41, 5.74) is 2.80. The Labute approximate surface area is 206 Å². The zero-order chi connectivity index (χ0) is 23.6.